The van der Waals surface area contributed by atoms with Gasteiger partial charge < -0.3 is 8.98 Å². The second-order valence-corrected chi connectivity index (χ2v) is 13.1. The average molecular weight is 620 g/mol. The molecule has 4 heteroatoms. The molecule has 0 N–H and O–H groups in total. The third kappa shape index (κ3) is 4.36. The van der Waals surface area contributed by atoms with Gasteiger partial charge in [-0.1, -0.05) is 97.1 Å². The summed E-state index contributed by atoms with van der Waals surface area (Å²) in [5.41, 5.74) is 11.7. The van der Waals surface area contributed by atoms with Crippen LogP contribution in [-0.4, -0.2) is 14.5 Å². The lowest BCUT2D eigenvalue weighted by Crippen LogP contribution is -2.09. The van der Waals surface area contributed by atoms with Crippen molar-refractivity contribution in [1.29, 1.82) is 0 Å². The van der Waals surface area contributed by atoms with Crippen molar-refractivity contribution in [3.05, 3.63) is 156 Å². The van der Waals surface area contributed by atoms with Gasteiger partial charge in [0.15, 0.2) is 0 Å². The van der Waals surface area contributed by atoms with E-state index in [0.29, 0.717) is 0 Å². The van der Waals surface area contributed by atoms with Crippen LogP contribution in [0.25, 0.3) is 65.9 Å². The first-order valence-electron chi connectivity index (χ1n) is 17.0. The number of rotatable bonds is 4. The molecule has 7 aromatic rings. The van der Waals surface area contributed by atoms with Gasteiger partial charge in [-0.15, -0.1) is 0 Å². The first-order chi connectivity index (χ1) is 23.8. The Morgan fingerprint density at radius 3 is 2.27 bits per heavy atom. The van der Waals surface area contributed by atoms with Crippen LogP contribution >= 0.6 is 0 Å². The molecule has 3 aromatic heterocycles. The van der Waals surface area contributed by atoms with Gasteiger partial charge in [-0.05, 0) is 85.2 Å². The molecule has 1 unspecified atom stereocenters. The number of allylic oxidation sites excluding steroid dienone is 12. The topological polar surface area (TPSA) is 43.9 Å². The molecule has 4 nitrogen and oxygen atoms in total. The van der Waals surface area contributed by atoms with E-state index in [9.17, 15) is 0 Å². The Hall–Kier alpha value is -5.74. The van der Waals surface area contributed by atoms with Crippen molar-refractivity contribution in [1.82, 2.24) is 14.5 Å². The molecular formula is C44H33N3O. The molecule has 0 saturated heterocycles. The summed E-state index contributed by atoms with van der Waals surface area (Å²) < 4.78 is 8.68. The second kappa shape index (κ2) is 10.9. The summed E-state index contributed by atoms with van der Waals surface area (Å²) in [5.74, 6) is 0.990. The maximum atomic E-state index is 6.28. The quantitative estimate of drug-likeness (QED) is 0.197. The van der Waals surface area contributed by atoms with E-state index in [-0.39, 0.29) is 5.92 Å². The largest absolute Gasteiger partial charge is 0.456 e. The lowest BCUT2D eigenvalue weighted by molar-refractivity contribution is 0.669. The Labute approximate surface area is 278 Å². The number of hydrogen-bond acceptors (Lipinski definition) is 3. The number of hydrogen-bond donors (Lipinski definition) is 0. The van der Waals surface area contributed by atoms with Crippen LogP contribution in [0.2, 0.25) is 0 Å². The van der Waals surface area contributed by atoms with Crippen LogP contribution in [-0.2, 0) is 0 Å². The molecule has 3 heterocycles. The Kier molecular flexibility index (Phi) is 6.23. The smallest absolute Gasteiger partial charge is 0.136 e. The summed E-state index contributed by atoms with van der Waals surface area (Å²) in [5, 5.41) is 5.84. The Morgan fingerprint density at radius 1 is 0.646 bits per heavy atom. The number of fused-ring (bicyclic) bond motifs is 7. The van der Waals surface area contributed by atoms with E-state index in [4.69, 9.17) is 14.4 Å². The highest BCUT2D eigenvalue weighted by Gasteiger charge is 2.22. The van der Waals surface area contributed by atoms with Crippen molar-refractivity contribution in [3.63, 3.8) is 0 Å². The minimum atomic E-state index is 0.101. The molecule has 3 aliphatic rings. The summed E-state index contributed by atoms with van der Waals surface area (Å²) in [6.07, 6.45) is 23.4. The third-order valence-corrected chi connectivity index (χ3v) is 10.3. The van der Waals surface area contributed by atoms with Gasteiger partial charge in [0, 0.05) is 38.5 Å². The zero-order valence-corrected chi connectivity index (χ0v) is 26.6. The first-order valence-corrected chi connectivity index (χ1v) is 17.0. The predicted molar refractivity (Wildman–Crippen MR) is 199 cm³/mol. The monoisotopic (exact) mass is 619 g/mol. The van der Waals surface area contributed by atoms with Gasteiger partial charge in [-0.25, -0.2) is 9.97 Å². The SMILES string of the molecule is C1=CCCC(C2=CC=C(c3nc(C4C=CC(n5c6ccccc6c6cc7oc8ccccc8c7cc65)=CC4)nc4ccccc34)CC2)=C1. The van der Waals surface area contributed by atoms with Crippen LogP contribution in [0.15, 0.2) is 149 Å². The van der Waals surface area contributed by atoms with Crippen LogP contribution in [0.1, 0.15) is 49.5 Å². The van der Waals surface area contributed by atoms with Gasteiger partial charge in [0.05, 0.1) is 22.2 Å². The standard InChI is InChI=1S/C44H33N3O/c1-2-10-28(11-3-1)29-18-20-30(21-19-29)43-35-14-4-7-15-38(35)45-44(46-43)31-22-24-32(25-23-31)47-39-16-8-5-12-33(39)36-27-42-37(26-40(36)47)34-13-6-9-17-41(34)48-42/h1-2,4-10,12-18,20,22,24-27,31H,3,11,19,21,23H2. The van der Waals surface area contributed by atoms with Crippen LogP contribution in [0.3, 0.4) is 0 Å². The molecule has 0 saturated carbocycles. The van der Waals surface area contributed by atoms with E-state index in [2.05, 4.69) is 126 Å². The third-order valence-electron chi connectivity index (χ3n) is 10.3. The summed E-state index contributed by atoms with van der Waals surface area (Å²) in [6.45, 7) is 0. The van der Waals surface area contributed by atoms with Crippen LogP contribution in [0.4, 0.5) is 0 Å². The fourth-order valence-corrected chi connectivity index (χ4v) is 7.91. The fraction of sp³-hybridized carbons (Fsp3) is 0.136. The molecule has 1 atom stereocenters. The normalized spacial score (nSPS) is 18.1. The lowest BCUT2D eigenvalue weighted by atomic mass is 9.87. The maximum Gasteiger partial charge on any atom is 0.136 e. The molecule has 3 aliphatic carbocycles. The molecule has 0 radical (unpaired) electrons. The van der Waals surface area contributed by atoms with Crippen LogP contribution < -0.4 is 0 Å². The van der Waals surface area contributed by atoms with Crippen molar-refractivity contribution >= 4 is 65.9 Å². The van der Waals surface area contributed by atoms with Crippen molar-refractivity contribution < 1.29 is 4.42 Å². The Bertz CT molecular complexity index is 2650. The van der Waals surface area contributed by atoms with Gasteiger partial charge in [0.25, 0.3) is 0 Å². The van der Waals surface area contributed by atoms with E-state index in [1.54, 1.807) is 0 Å². The minimum absolute atomic E-state index is 0.101. The predicted octanol–water partition coefficient (Wildman–Crippen LogP) is 11.6. The highest BCUT2D eigenvalue weighted by molar-refractivity contribution is 6.17. The Balaban J connectivity index is 1.04. The molecule has 0 aliphatic heterocycles. The first kappa shape index (κ1) is 27.4. The number of para-hydroxylation sites is 3. The molecular weight excluding hydrogens is 587 g/mol. The van der Waals surface area contributed by atoms with E-state index >= 15 is 0 Å². The summed E-state index contributed by atoms with van der Waals surface area (Å²) in [7, 11) is 0. The minimum Gasteiger partial charge on any atom is -0.456 e. The lowest BCUT2D eigenvalue weighted by Gasteiger charge is -2.21. The molecule has 230 valence electrons. The zero-order chi connectivity index (χ0) is 31.6. The highest BCUT2D eigenvalue weighted by atomic mass is 16.3. The van der Waals surface area contributed by atoms with E-state index in [0.717, 1.165) is 76.5 Å². The van der Waals surface area contributed by atoms with Crippen molar-refractivity contribution in [2.24, 2.45) is 0 Å². The van der Waals surface area contributed by atoms with Gasteiger partial charge >= 0.3 is 0 Å². The van der Waals surface area contributed by atoms with Crippen molar-refractivity contribution in [3.8, 4) is 0 Å². The molecule has 10 rings (SSSR count). The molecule has 0 bridgehead atoms. The van der Waals surface area contributed by atoms with E-state index in [1.807, 2.05) is 12.1 Å². The van der Waals surface area contributed by atoms with Crippen molar-refractivity contribution in [2.45, 2.75) is 38.0 Å². The highest BCUT2D eigenvalue weighted by Crippen LogP contribution is 2.40. The van der Waals surface area contributed by atoms with Crippen molar-refractivity contribution in [2.75, 3.05) is 0 Å². The number of aromatic nitrogens is 3. The van der Waals surface area contributed by atoms with Gasteiger partial charge in [0.1, 0.15) is 17.0 Å². The summed E-state index contributed by atoms with van der Waals surface area (Å²) in [4.78, 5) is 10.4. The molecule has 0 amide bonds. The maximum absolute atomic E-state index is 6.28. The number of nitrogens with zero attached hydrogens (tertiary/aromatic N) is 3. The second-order valence-electron chi connectivity index (χ2n) is 13.1. The van der Waals surface area contributed by atoms with E-state index in [1.165, 1.54) is 44.2 Å². The van der Waals surface area contributed by atoms with E-state index < -0.39 is 0 Å². The van der Waals surface area contributed by atoms with Gasteiger partial charge in [-0.3, -0.25) is 0 Å². The summed E-state index contributed by atoms with van der Waals surface area (Å²) >= 11 is 0. The molecule has 48 heavy (non-hydrogen) atoms. The number of benzene rings is 4. The zero-order valence-electron chi connectivity index (χ0n) is 26.6. The van der Waals surface area contributed by atoms with Gasteiger partial charge in [0.2, 0.25) is 0 Å². The molecule has 4 aromatic carbocycles. The number of furan rings is 1. The van der Waals surface area contributed by atoms with Crippen LogP contribution in [0, 0.1) is 0 Å². The summed E-state index contributed by atoms with van der Waals surface area (Å²) in [6, 6.07) is 30.0. The average Bonchev–Trinajstić information content (AvgIpc) is 3.69. The van der Waals surface area contributed by atoms with Gasteiger partial charge in [-0.2, -0.15) is 0 Å². The fourth-order valence-electron chi connectivity index (χ4n) is 7.91. The van der Waals surface area contributed by atoms with Crippen LogP contribution in [0.5, 0.6) is 0 Å². The molecule has 0 fully saturated rings. The Morgan fingerprint density at radius 2 is 1.44 bits per heavy atom. The molecule has 0 spiro atoms.